The Morgan fingerprint density at radius 2 is 2.18 bits per heavy atom. The van der Waals surface area contributed by atoms with E-state index in [9.17, 15) is 10.2 Å². The molecule has 4 aliphatic rings. The quantitative estimate of drug-likeness (QED) is 0.624. The Morgan fingerprint density at radius 1 is 1.32 bits per heavy atom. The Bertz CT molecular complexity index is 504. The fraction of sp³-hybridized carbons (Fsp3) is 0.765. The molecule has 1 fully saturated rings. The Hall–Kier alpha value is -0.880. The van der Waals surface area contributed by atoms with Crippen molar-refractivity contribution in [1.82, 2.24) is 10.2 Å². The summed E-state index contributed by atoms with van der Waals surface area (Å²) in [5.41, 5.74) is 2.06. The van der Waals surface area contributed by atoms with E-state index in [1.165, 1.54) is 0 Å². The first kappa shape index (κ1) is 14.7. The average molecular weight is 306 g/mol. The highest BCUT2D eigenvalue weighted by Crippen LogP contribution is 2.42. The largest absolute Gasteiger partial charge is 0.390 e. The van der Waals surface area contributed by atoms with Crippen molar-refractivity contribution in [3.8, 4) is 0 Å². The summed E-state index contributed by atoms with van der Waals surface area (Å²) >= 11 is 0. The number of hydrogen-bond donors (Lipinski definition) is 3. The van der Waals surface area contributed by atoms with Crippen LogP contribution in [0.3, 0.4) is 0 Å². The first-order chi connectivity index (χ1) is 10.7. The molecule has 5 unspecified atom stereocenters. The van der Waals surface area contributed by atoms with Gasteiger partial charge in [-0.15, -0.1) is 0 Å². The zero-order valence-corrected chi connectivity index (χ0v) is 13.1. The molecule has 0 aromatic rings. The molecule has 22 heavy (non-hydrogen) atoms. The number of hydrogen-bond acceptors (Lipinski definition) is 5. The molecule has 122 valence electrons. The number of allylic oxidation sites excluding steroid dienone is 1. The lowest BCUT2D eigenvalue weighted by atomic mass is 9.88. The van der Waals surface area contributed by atoms with Crippen molar-refractivity contribution >= 4 is 0 Å². The second-order valence-electron chi connectivity index (χ2n) is 7.08. The summed E-state index contributed by atoms with van der Waals surface area (Å²) in [6.07, 6.45) is 7.91. The maximum absolute atomic E-state index is 11.1. The molecule has 1 saturated heterocycles. The molecular weight excluding hydrogens is 280 g/mol. The van der Waals surface area contributed by atoms with E-state index in [0.29, 0.717) is 30.8 Å². The zero-order chi connectivity index (χ0) is 15.3. The van der Waals surface area contributed by atoms with Crippen molar-refractivity contribution in [3.63, 3.8) is 0 Å². The Labute approximate surface area is 131 Å². The normalized spacial score (nSPS) is 44.9. The van der Waals surface area contributed by atoms with Crippen LogP contribution in [-0.2, 0) is 4.74 Å². The maximum atomic E-state index is 11.1. The molecule has 0 spiro atoms. The number of aliphatic hydroxyl groups is 2. The molecule has 5 nitrogen and oxygen atoms in total. The third-order valence-electron chi connectivity index (χ3n) is 5.95. The molecule has 0 bridgehead atoms. The van der Waals surface area contributed by atoms with Crippen molar-refractivity contribution in [1.29, 1.82) is 0 Å². The number of aliphatic hydroxyl groups excluding tert-OH is 2. The predicted octanol–water partition coefficient (Wildman–Crippen LogP) is 0.741. The van der Waals surface area contributed by atoms with Crippen LogP contribution < -0.4 is 5.32 Å². The maximum Gasteiger partial charge on any atom is 0.132 e. The highest BCUT2D eigenvalue weighted by Gasteiger charge is 2.47. The van der Waals surface area contributed by atoms with Gasteiger partial charge in [-0.2, -0.15) is 0 Å². The molecule has 0 aromatic heterocycles. The minimum Gasteiger partial charge on any atom is -0.390 e. The Morgan fingerprint density at radius 3 is 3.00 bits per heavy atom. The Kier molecular flexibility index (Phi) is 3.77. The average Bonchev–Trinajstić information content (AvgIpc) is 2.84. The van der Waals surface area contributed by atoms with E-state index >= 15 is 0 Å². The minimum absolute atomic E-state index is 0.212. The summed E-state index contributed by atoms with van der Waals surface area (Å²) in [5, 5.41) is 24.7. The van der Waals surface area contributed by atoms with Gasteiger partial charge in [0.15, 0.2) is 0 Å². The van der Waals surface area contributed by atoms with E-state index in [-0.39, 0.29) is 6.10 Å². The van der Waals surface area contributed by atoms with Crippen molar-refractivity contribution < 1.29 is 14.9 Å². The van der Waals surface area contributed by atoms with Crippen molar-refractivity contribution in [2.75, 3.05) is 13.7 Å². The zero-order valence-electron chi connectivity index (χ0n) is 13.1. The summed E-state index contributed by atoms with van der Waals surface area (Å²) in [6, 6.07) is 0.822. The standard InChI is InChI=1S/C17H26N2O3/c1-22-16-7-12-13(8-15(16)20)18-9-11-6-10-4-2-3-5-14(10)19(11)17(12)21/h2,4,10-11,14-18,20-21H,3,5-9H2,1H3/t10?,11-,14?,15?,16?,17?/m0/s1. The van der Waals surface area contributed by atoms with Crippen molar-refractivity contribution in [2.45, 2.75) is 62.6 Å². The topological polar surface area (TPSA) is 65.0 Å². The number of fused-ring (bicyclic) bond motifs is 3. The van der Waals surface area contributed by atoms with Crippen LogP contribution in [0.25, 0.3) is 0 Å². The highest BCUT2D eigenvalue weighted by molar-refractivity contribution is 5.26. The van der Waals surface area contributed by atoms with Gasteiger partial charge >= 0.3 is 0 Å². The number of ether oxygens (including phenoxy) is 1. The van der Waals surface area contributed by atoms with Gasteiger partial charge in [-0.05, 0) is 30.8 Å². The summed E-state index contributed by atoms with van der Waals surface area (Å²) in [5.74, 6) is 0.574. The van der Waals surface area contributed by atoms with Gasteiger partial charge in [0.1, 0.15) is 6.23 Å². The predicted molar refractivity (Wildman–Crippen MR) is 83.0 cm³/mol. The summed E-state index contributed by atoms with van der Waals surface area (Å²) < 4.78 is 5.41. The molecule has 4 rings (SSSR count). The fourth-order valence-corrected chi connectivity index (χ4v) is 4.82. The molecule has 0 radical (unpaired) electrons. The van der Waals surface area contributed by atoms with Crippen LogP contribution in [0.15, 0.2) is 23.4 Å². The van der Waals surface area contributed by atoms with Crippen molar-refractivity contribution in [2.24, 2.45) is 5.92 Å². The second kappa shape index (κ2) is 5.64. The summed E-state index contributed by atoms with van der Waals surface area (Å²) in [4.78, 5) is 2.33. The van der Waals surface area contributed by atoms with Crippen LogP contribution in [0.1, 0.15) is 32.1 Å². The first-order valence-electron chi connectivity index (χ1n) is 8.48. The SMILES string of the molecule is COC1CC2=C(CC1O)NC[C@@H]1CC3C=CCCC3N1C2O. The van der Waals surface area contributed by atoms with E-state index in [1.54, 1.807) is 7.11 Å². The molecule has 3 N–H and O–H groups in total. The van der Waals surface area contributed by atoms with Crippen LogP contribution in [0.5, 0.6) is 0 Å². The lowest BCUT2D eigenvalue weighted by Crippen LogP contribution is -2.48. The number of rotatable bonds is 1. The van der Waals surface area contributed by atoms with Crippen LogP contribution in [0.2, 0.25) is 0 Å². The molecule has 0 aromatic carbocycles. The first-order valence-corrected chi connectivity index (χ1v) is 8.48. The molecule has 6 atom stereocenters. The monoisotopic (exact) mass is 306 g/mol. The van der Waals surface area contributed by atoms with E-state index in [1.807, 2.05) is 0 Å². The summed E-state index contributed by atoms with van der Waals surface area (Å²) in [6.45, 7) is 0.862. The smallest absolute Gasteiger partial charge is 0.132 e. The summed E-state index contributed by atoms with van der Waals surface area (Å²) in [7, 11) is 1.64. The van der Waals surface area contributed by atoms with Gasteiger partial charge in [-0.1, -0.05) is 12.2 Å². The molecule has 2 aliphatic carbocycles. The molecule has 0 saturated carbocycles. The van der Waals surface area contributed by atoms with Gasteiger partial charge < -0.3 is 20.3 Å². The van der Waals surface area contributed by atoms with Gasteiger partial charge in [0.05, 0.1) is 12.2 Å². The molecule has 0 amide bonds. The van der Waals surface area contributed by atoms with Gasteiger partial charge in [0, 0.05) is 44.3 Å². The van der Waals surface area contributed by atoms with E-state index in [0.717, 1.165) is 37.1 Å². The van der Waals surface area contributed by atoms with Crippen molar-refractivity contribution in [3.05, 3.63) is 23.4 Å². The molecule has 5 heteroatoms. The molecule has 2 aliphatic heterocycles. The van der Waals surface area contributed by atoms with Crippen LogP contribution in [0, 0.1) is 5.92 Å². The Balaban J connectivity index is 1.63. The van der Waals surface area contributed by atoms with E-state index in [4.69, 9.17) is 4.74 Å². The number of nitrogens with zero attached hydrogens (tertiary/aromatic N) is 1. The van der Waals surface area contributed by atoms with Gasteiger partial charge in [-0.25, -0.2) is 0 Å². The molecular formula is C17H26N2O3. The number of methoxy groups -OCH3 is 1. The third-order valence-corrected chi connectivity index (χ3v) is 5.95. The highest BCUT2D eigenvalue weighted by atomic mass is 16.5. The minimum atomic E-state index is -0.540. The third kappa shape index (κ3) is 2.22. The van der Waals surface area contributed by atoms with Gasteiger partial charge in [0.25, 0.3) is 0 Å². The van der Waals surface area contributed by atoms with E-state index < -0.39 is 12.3 Å². The van der Waals surface area contributed by atoms with Crippen LogP contribution >= 0.6 is 0 Å². The van der Waals surface area contributed by atoms with Crippen LogP contribution in [-0.4, -0.2) is 59.3 Å². The molecule has 2 heterocycles. The van der Waals surface area contributed by atoms with E-state index in [2.05, 4.69) is 22.4 Å². The lowest BCUT2D eigenvalue weighted by molar-refractivity contribution is -0.0389. The number of nitrogens with one attached hydrogen (secondary N) is 1. The second-order valence-corrected chi connectivity index (χ2v) is 7.08. The fourth-order valence-electron chi connectivity index (χ4n) is 4.82. The lowest BCUT2D eigenvalue weighted by Gasteiger charge is -2.38. The van der Waals surface area contributed by atoms with Crippen LogP contribution in [0.4, 0.5) is 0 Å². The van der Waals surface area contributed by atoms with Gasteiger partial charge in [0.2, 0.25) is 0 Å². The van der Waals surface area contributed by atoms with Gasteiger partial charge in [-0.3, -0.25) is 4.90 Å².